The maximum atomic E-state index is 11.6. The first kappa shape index (κ1) is 13.4. The van der Waals surface area contributed by atoms with E-state index in [1.165, 1.54) is 11.3 Å². The van der Waals surface area contributed by atoms with Gasteiger partial charge in [0.2, 0.25) is 0 Å². The van der Waals surface area contributed by atoms with Gasteiger partial charge in [0.05, 0.1) is 11.1 Å². The number of thiophene rings is 1. The molecule has 0 bridgehead atoms. The minimum atomic E-state index is -0.572. The van der Waals surface area contributed by atoms with Crippen LogP contribution in [-0.2, 0) is 0 Å². The summed E-state index contributed by atoms with van der Waals surface area (Å²) in [5.41, 5.74) is 0. The molecule has 2 N–H and O–H groups in total. The lowest BCUT2D eigenvalue weighted by Crippen LogP contribution is -2.37. The summed E-state index contributed by atoms with van der Waals surface area (Å²) in [6.07, 6.45) is -0.572. The van der Waals surface area contributed by atoms with E-state index in [0.717, 1.165) is 0 Å². The van der Waals surface area contributed by atoms with Crippen LogP contribution in [0.1, 0.15) is 9.67 Å². The van der Waals surface area contributed by atoms with Crippen LogP contribution in [0.25, 0.3) is 0 Å². The van der Waals surface area contributed by atoms with Gasteiger partial charge >= 0.3 is 0 Å². The molecule has 1 rings (SSSR count). The van der Waals surface area contributed by atoms with Gasteiger partial charge in [-0.05, 0) is 25.5 Å². The topological polar surface area (TPSA) is 52.6 Å². The largest absolute Gasteiger partial charge is 0.390 e. The number of nitrogens with one attached hydrogen (secondary N) is 1. The molecule has 0 spiro atoms. The number of aliphatic hydroxyl groups excluding tert-OH is 1. The third-order valence-electron chi connectivity index (χ3n) is 1.90. The highest BCUT2D eigenvalue weighted by Gasteiger charge is 2.13. The maximum absolute atomic E-state index is 11.6. The Kier molecular flexibility index (Phi) is 5.21. The van der Waals surface area contributed by atoms with Crippen LogP contribution in [0.15, 0.2) is 11.4 Å². The number of hydrogen-bond donors (Lipinski definition) is 2. The Morgan fingerprint density at radius 1 is 1.69 bits per heavy atom. The zero-order valence-electron chi connectivity index (χ0n) is 9.24. The van der Waals surface area contributed by atoms with Crippen LogP contribution in [0, 0.1) is 0 Å². The molecule has 1 atom stereocenters. The predicted molar refractivity (Wildman–Crippen MR) is 66.2 cm³/mol. The van der Waals surface area contributed by atoms with Crippen LogP contribution in [0.5, 0.6) is 0 Å². The summed E-state index contributed by atoms with van der Waals surface area (Å²) < 4.78 is 0. The van der Waals surface area contributed by atoms with E-state index in [9.17, 15) is 9.90 Å². The number of halogens is 1. The number of hydrogen-bond acceptors (Lipinski definition) is 4. The van der Waals surface area contributed by atoms with E-state index < -0.39 is 6.10 Å². The number of nitrogens with zero attached hydrogens (tertiary/aromatic N) is 1. The van der Waals surface area contributed by atoms with Gasteiger partial charge in [0.25, 0.3) is 5.91 Å². The Labute approximate surface area is 104 Å². The molecule has 0 aromatic carbocycles. The standard InChI is InChI=1S/C10H15ClN2O2S/c1-13(2)6-7(14)5-12-10(15)9-8(11)3-4-16-9/h3-4,7,14H,5-6H2,1-2H3,(H,12,15)/t7-/m1/s1. The number of carbonyl (C=O) groups is 1. The van der Waals surface area contributed by atoms with E-state index in [0.29, 0.717) is 16.4 Å². The molecule has 0 radical (unpaired) electrons. The average Bonchev–Trinajstić information content (AvgIpc) is 2.60. The Morgan fingerprint density at radius 3 is 2.88 bits per heavy atom. The molecule has 0 aliphatic carbocycles. The Morgan fingerprint density at radius 2 is 2.38 bits per heavy atom. The second-order valence-electron chi connectivity index (χ2n) is 3.72. The fraction of sp³-hybridized carbons (Fsp3) is 0.500. The molecular weight excluding hydrogens is 248 g/mol. The summed E-state index contributed by atoms with van der Waals surface area (Å²) in [5, 5.41) is 14.4. The summed E-state index contributed by atoms with van der Waals surface area (Å²) in [6, 6.07) is 1.68. The van der Waals surface area contributed by atoms with Crippen molar-refractivity contribution >= 4 is 28.8 Å². The number of carbonyl (C=O) groups excluding carboxylic acids is 1. The molecule has 0 aliphatic rings. The van der Waals surface area contributed by atoms with Gasteiger partial charge in [-0.25, -0.2) is 0 Å². The van der Waals surface area contributed by atoms with Gasteiger partial charge in [-0.1, -0.05) is 11.6 Å². The lowest BCUT2D eigenvalue weighted by molar-refractivity contribution is 0.0896. The third-order valence-corrected chi connectivity index (χ3v) is 3.24. The van der Waals surface area contributed by atoms with E-state index in [-0.39, 0.29) is 12.5 Å². The Hall–Kier alpha value is -0.620. The van der Waals surface area contributed by atoms with Gasteiger partial charge in [0, 0.05) is 13.1 Å². The summed E-state index contributed by atoms with van der Waals surface area (Å²) in [6.45, 7) is 0.740. The SMILES string of the molecule is CN(C)C[C@H](O)CNC(=O)c1sccc1Cl. The van der Waals surface area contributed by atoms with E-state index in [4.69, 9.17) is 11.6 Å². The molecule has 0 unspecified atom stereocenters. The molecule has 0 fully saturated rings. The van der Waals surface area contributed by atoms with Gasteiger partial charge in [0.1, 0.15) is 4.88 Å². The second-order valence-corrected chi connectivity index (χ2v) is 5.05. The quantitative estimate of drug-likeness (QED) is 0.834. The summed E-state index contributed by atoms with van der Waals surface area (Å²) in [7, 11) is 3.72. The highest BCUT2D eigenvalue weighted by atomic mass is 35.5. The van der Waals surface area contributed by atoms with Crippen molar-refractivity contribution in [2.45, 2.75) is 6.10 Å². The van der Waals surface area contributed by atoms with Crippen LogP contribution in [0.3, 0.4) is 0 Å². The second kappa shape index (κ2) is 6.20. The lowest BCUT2D eigenvalue weighted by Gasteiger charge is -2.16. The molecule has 1 heterocycles. The van der Waals surface area contributed by atoms with Crippen LogP contribution < -0.4 is 5.32 Å². The molecule has 90 valence electrons. The van der Waals surface area contributed by atoms with Crippen molar-refractivity contribution in [1.82, 2.24) is 10.2 Å². The number of rotatable bonds is 5. The predicted octanol–water partition coefficient (Wildman–Crippen LogP) is 1.05. The van der Waals surface area contributed by atoms with Gasteiger partial charge in [-0.2, -0.15) is 0 Å². The minimum absolute atomic E-state index is 0.227. The highest BCUT2D eigenvalue weighted by Crippen LogP contribution is 2.21. The number of aliphatic hydroxyl groups is 1. The summed E-state index contributed by atoms with van der Waals surface area (Å²) in [5.74, 6) is -0.238. The molecule has 1 aromatic heterocycles. The zero-order chi connectivity index (χ0) is 12.1. The minimum Gasteiger partial charge on any atom is -0.390 e. The molecule has 0 aliphatic heterocycles. The van der Waals surface area contributed by atoms with Crippen molar-refractivity contribution in [3.63, 3.8) is 0 Å². The molecule has 4 nitrogen and oxygen atoms in total. The van der Waals surface area contributed by atoms with Gasteiger partial charge in [-0.3, -0.25) is 4.79 Å². The average molecular weight is 263 g/mol. The van der Waals surface area contributed by atoms with Crippen molar-refractivity contribution in [2.24, 2.45) is 0 Å². The van der Waals surface area contributed by atoms with Gasteiger partial charge in [0.15, 0.2) is 0 Å². The molecular formula is C10H15ClN2O2S. The van der Waals surface area contributed by atoms with Crippen LogP contribution in [0.2, 0.25) is 5.02 Å². The van der Waals surface area contributed by atoms with Crippen molar-refractivity contribution in [1.29, 1.82) is 0 Å². The molecule has 6 heteroatoms. The van der Waals surface area contributed by atoms with Crippen molar-refractivity contribution < 1.29 is 9.90 Å². The van der Waals surface area contributed by atoms with Crippen molar-refractivity contribution in [2.75, 3.05) is 27.2 Å². The zero-order valence-corrected chi connectivity index (χ0v) is 10.8. The van der Waals surface area contributed by atoms with E-state index in [1.54, 1.807) is 11.4 Å². The first-order valence-corrected chi connectivity index (χ1v) is 6.10. The number of likely N-dealkylation sites (N-methyl/N-ethyl adjacent to an activating group) is 1. The van der Waals surface area contributed by atoms with Crippen molar-refractivity contribution in [3.05, 3.63) is 21.3 Å². The monoisotopic (exact) mass is 262 g/mol. The van der Waals surface area contributed by atoms with Crippen molar-refractivity contribution in [3.8, 4) is 0 Å². The first-order valence-electron chi connectivity index (χ1n) is 4.84. The fourth-order valence-corrected chi connectivity index (χ4v) is 2.29. The van der Waals surface area contributed by atoms with Crippen LogP contribution in [0.4, 0.5) is 0 Å². The maximum Gasteiger partial charge on any atom is 0.262 e. The molecule has 1 amide bonds. The molecule has 1 aromatic rings. The normalized spacial score (nSPS) is 12.8. The lowest BCUT2D eigenvalue weighted by atomic mass is 10.3. The molecule has 0 saturated heterocycles. The van der Waals surface area contributed by atoms with Crippen LogP contribution >= 0.6 is 22.9 Å². The smallest absolute Gasteiger partial charge is 0.262 e. The fourth-order valence-electron chi connectivity index (χ4n) is 1.23. The van der Waals surface area contributed by atoms with E-state index in [2.05, 4.69) is 5.32 Å². The Balaban J connectivity index is 2.39. The molecule has 16 heavy (non-hydrogen) atoms. The van der Waals surface area contributed by atoms with Gasteiger partial charge < -0.3 is 15.3 Å². The first-order chi connectivity index (χ1) is 7.50. The van der Waals surface area contributed by atoms with Gasteiger partial charge in [-0.15, -0.1) is 11.3 Å². The summed E-state index contributed by atoms with van der Waals surface area (Å²) >= 11 is 7.10. The van der Waals surface area contributed by atoms with E-state index >= 15 is 0 Å². The number of amides is 1. The van der Waals surface area contributed by atoms with E-state index in [1.807, 2.05) is 19.0 Å². The Bertz CT molecular complexity index is 354. The highest BCUT2D eigenvalue weighted by molar-refractivity contribution is 7.12. The molecule has 0 saturated carbocycles. The summed E-state index contributed by atoms with van der Waals surface area (Å²) in [4.78, 5) is 13.9. The third kappa shape index (κ3) is 4.09. The van der Waals surface area contributed by atoms with Crippen LogP contribution in [-0.4, -0.2) is 49.2 Å².